The van der Waals surface area contributed by atoms with Crippen LogP contribution in [0.1, 0.15) is 12.0 Å². The Balaban J connectivity index is 1.68. The van der Waals surface area contributed by atoms with Crippen molar-refractivity contribution in [2.45, 2.75) is 38.1 Å². The lowest BCUT2D eigenvalue weighted by Gasteiger charge is -2.15. The van der Waals surface area contributed by atoms with Gasteiger partial charge >= 0.3 is 0 Å². The van der Waals surface area contributed by atoms with Crippen molar-refractivity contribution in [3.63, 3.8) is 0 Å². The number of hydrogen-bond acceptors (Lipinski definition) is 1. The summed E-state index contributed by atoms with van der Waals surface area (Å²) in [6, 6.07) is 10.7. The summed E-state index contributed by atoms with van der Waals surface area (Å²) in [5, 5.41) is 3.59. The van der Waals surface area contributed by atoms with Gasteiger partial charge in [-0.15, -0.1) is 0 Å². The first-order valence-corrected chi connectivity index (χ1v) is 9.90. The average Bonchev–Trinajstić information content (AvgIpc) is 2.98. The molecule has 0 amide bonds. The summed E-state index contributed by atoms with van der Waals surface area (Å²) in [4.78, 5) is 0. The minimum atomic E-state index is -0.856. The highest BCUT2D eigenvalue weighted by Crippen LogP contribution is 2.51. The maximum Gasteiger partial charge on any atom is 0.0477 e. The van der Waals surface area contributed by atoms with Gasteiger partial charge in [-0.3, -0.25) is 0 Å². The molecule has 1 aromatic carbocycles. The first-order valence-electron chi connectivity index (χ1n) is 6.32. The number of rotatable bonds is 5. The lowest BCUT2D eigenvalue weighted by molar-refractivity contribution is 0.636. The van der Waals surface area contributed by atoms with Crippen LogP contribution in [0.15, 0.2) is 30.3 Å². The van der Waals surface area contributed by atoms with Gasteiger partial charge in [0.15, 0.2) is 0 Å². The van der Waals surface area contributed by atoms with E-state index in [-0.39, 0.29) is 0 Å². The van der Waals surface area contributed by atoms with Crippen molar-refractivity contribution in [3.05, 3.63) is 35.9 Å². The van der Waals surface area contributed by atoms with E-state index in [0.29, 0.717) is 0 Å². The monoisotopic (exact) mass is 233 g/mol. The second-order valence-corrected chi connectivity index (χ2v) is 11.6. The van der Waals surface area contributed by atoms with Gasteiger partial charge in [0, 0.05) is 14.6 Å². The van der Waals surface area contributed by atoms with Gasteiger partial charge in [0.1, 0.15) is 0 Å². The summed E-state index contributed by atoms with van der Waals surface area (Å²) < 4.78 is 0. The maximum absolute atomic E-state index is 3.59. The molecule has 0 saturated heterocycles. The highest BCUT2D eigenvalue weighted by atomic mass is 28.3. The highest BCUT2D eigenvalue weighted by Gasteiger charge is 2.45. The minimum Gasteiger partial charge on any atom is -0.312 e. The van der Waals surface area contributed by atoms with Gasteiger partial charge in [-0.1, -0.05) is 50.0 Å². The predicted molar refractivity (Wildman–Crippen MR) is 73.4 cm³/mol. The maximum atomic E-state index is 3.59. The zero-order valence-corrected chi connectivity index (χ0v) is 11.7. The average molecular weight is 233 g/mol. The largest absolute Gasteiger partial charge is 0.312 e. The van der Waals surface area contributed by atoms with Gasteiger partial charge in [0.25, 0.3) is 0 Å². The highest BCUT2D eigenvalue weighted by molar-refractivity contribution is 6.78. The van der Waals surface area contributed by atoms with E-state index in [1.165, 1.54) is 18.5 Å². The molecule has 1 aromatic rings. The molecular formula is C14H23NSi. The molecule has 88 valence electrons. The van der Waals surface area contributed by atoms with Crippen molar-refractivity contribution in [3.8, 4) is 0 Å². The van der Waals surface area contributed by atoms with Gasteiger partial charge in [-0.2, -0.15) is 0 Å². The molecule has 1 aliphatic rings. The van der Waals surface area contributed by atoms with Crippen LogP contribution >= 0.6 is 0 Å². The van der Waals surface area contributed by atoms with E-state index in [2.05, 4.69) is 55.3 Å². The summed E-state index contributed by atoms with van der Waals surface area (Å²) in [7, 11) is -0.856. The van der Waals surface area contributed by atoms with E-state index in [1.54, 1.807) is 0 Å². The zero-order chi connectivity index (χ0) is 11.6. The molecule has 2 heteroatoms. The second kappa shape index (κ2) is 4.72. The first-order chi connectivity index (χ1) is 7.57. The van der Waals surface area contributed by atoms with E-state index in [1.807, 2.05) is 0 Å². The molecule has 0 bridgehead atoms. The lowest BCUT2D eigenvalue weighted by atomic mass is 10.2. The molecule has 1 nitrogen and oxygen atoms in total. The quantitative estimate of drug-likeness (QED) is 0.768. The fourth-order valence-electron chi connectivity index (χ4n) is 2.53. The van der Waals surface area contributed by atoms with E-state index in [9.17, 15) is 0 Å². The van der Waals surface area contributed by atoms with Crippen LogP contribution in [-0.4, -0.2) is 14.6 Å². The molecule has 2 rings (SSSR count). The van der Waals surface area contributed by atoms with Crippen LogP contribution in [0.4, 0.5) is 0 Å². The summed E-state index contributed by atoms with van der Waals surface area (Å²) in [5.74, 6) is 0.968. The third kappa shape index (κ3) is 3.19. The molecule has 2 unspecified atom stereocenters. The lowest BCUT2D eigenvalue weighted by Crippen LogP contribution is -2.24. The smallest absolute Gasteiger partial charge is 0.0477 e. The Morgan fingerprint density at radius 2 is 1.88 bits per heavy atom. The molecule has 1 saturated carbocycles. The first kappa shape index (κ1) is 11.9. The molecule has 0 aromatic heterocycles. The zero-order valence-electron chi connectivity index (χ0n) is 10.7. The molecule has 1 aliphatic carbocycles. The van der Waals surface area contributed by atoms with Crippen LogP contribution in [0, 0.1) is 5.92 Å². The van der Waals surface area contributed by atoms with Crippen LogP contribution < -0.4 is 5.32 Å². The van der Waals surface area contributed by atoms with Gasteiger partial charge < -0.3 is 5.32 Å². The SMILES string of the molecule is C[Si](C)(C)C1CC1CNCc1ccccc1. The summed E-state index contributed by atoms with van der Waals surface area (Å²) in [6.45, 7) is 9.72. The topological polar surface area (TPSA) is 12.0 Å². The Morgan fingerprint density at radius 3 is 2.44 bits per heavy atom. The van der Waals surface area contributed by atoms with Crippen LogP contribution in [0.5, 0.6) is 0 Å². The Morgan fingerprint density at radius 1 is 1.19 bits per heavy atom. The Bertz CT molecular complexity index is 328. The molecule has 0 aliphatic heterocycles. The molecule has 16 heavy (non-hydrogen) atoms. The van der Waals surface area contributed by atoms with Crippen molar-refractivity contribution < 1.29 is 0 Å². The van der Waals surface area contributed by atoms with Crippen LogP contribution in [0.3, 0.4) is 0 Å². The number of nitrogens with one attached hydrogen (secondary N) is 1. The van der Waals surface area contributed by atoms with Gasteiger partial charge in [0.2, 0.25) is 0 Å². The van der Waals surface area contributed by atoms with Crippen molar-refractivity contribution >= 4 is 8.07 Å². The Hall–Kier alpha value is -0.603. The van der Waals surface area contributed by atoms with Gasteiger partial charge in [-0.05, 0) is 30.0 Å². The van der Waals surface area contributed by atoms with Crippen molar-refractivity contribution in [2.75, 3.05) is 6.54 Å². The molecule has 0 spiro atoms. The van der Waals surface area contributed by atoms with Crippen molar-refractivity contribution in [1.82, 2.24) is 5.32 Å². The van der Waals surface area contributed by atoms with E-state index >= 15 is 0 Å². The van der Waals surface area contributed by atoms with Crippen molar-refractivity contribution in [2.24, 2.45) is 5.92 Å². The van der Waals surface area contributed by atoms with Crippen LogP contribution in [0.25, 0.3) is 0 Å². The van der Waals surface area contributed by atoms with E-state index in [0.717, 1.165) is 18.0 Å². The van der Waals surface area contributed by atoms with Crippen molar-refractivity contribution in [1.29, 1.82) is 0 Å². The van der Waals surface area contributed by atoms with Crippen LogP contribution in [-0.2, 0) is 6.54 Å². The van der Waals surface area contributed by atoms with E-state index in [4.69, 9.17) is 0 Å². The normalized spacial score (nSPS) is 24.4. The Labute approximate surface area is 100 Å². The molecule has 2 atom stereocenters. The molecule has 1 N–H and O–H groups in total. The summed E-state index contributed by atoms with van der Waals surface area (Å²) in [5.41, 5.74) is 2.46. The van der Waals surface area contributed by atoms with Gasteiger partial charge in [0.05, 0.1) is 0 Å². The molecular weight excluding hydrogens is 210 g/mol. The third-order valence-electron chi connectivity index (χ3n) is 3.61. The molecule has 0 heterocycles. The van der Waals surface area contributed by atoms with Gasteiger partial charge in [-0.25, -0.2) is 0 Å². The number of hydrogen-bond donors (Lipinski definition) is 1. The standard InChI is InChI=1S/C14H23NSi/c1-16(2,3)14-9-13(14)11-15-10-12-7-5-4-6-8-12/h4-8,13-15H,9-11H2,1-3H3. The number of benzene rings is 1. The van der Waals surface area contributed by atoms with Crippen LogP contribution in [0.2, 0.25) is 25.2 Å². The minimum absolute atomic E-state index is 0.856. The predicted octanol–water partition coefficient (Wildman–Crippen LogP) is 3.50. The summed E-state index contributed by atoms with van der Waals surface area (Å²) >= 11 is 0. The second-order valence-electron chi connectivity index (χ2n) is 6.08. The molecule has 0 radical (unpaired) electrons. The fourth-order valence-corrected chi connectivity index (χ4v) is 5.07. The third-order valence-corrected chi connectivity index (χ3v) is 6.55. The summed E-state index contributed by atoms with van der Waals surface area (Å²) in [6.07, 6.45) is 1.47. The Kier molecular flexibility index (Phi) is 3.50. The molecule has 1 fully saturated rings. The fraction of sp³-hybridized carbons (Fsp3) is 0.571. The van der Waals surface area contributed by atoms with E-state index < -0.39 is 8.07 Å².